The lowest BCUT2D eigenvalue weighted by Gasteiger charge is -2.22. The van der Waals surface area contributed by atoms with Gasteiger partial charge in [0.2, 0.25) is 5.95 Å². The summed E-state index contributed by atoms with van der Waals surface area (Å²) in [6.45, 7) is 4.15. The molecule has 0 N–H and O–H groups in total. The third-order valence-corrected chi connectivity index (χ3v) is 5.65. The van der Waals surface area contributed by atoms with Crippen LogP contribution in [0, 0.1) is 5.95 Å². The average molecular weight is 408 g/mol. The van der Waals surface area contributed by atoms with Crippen molar-refractivity contribution in [2.75, 3.05) is 0 Å². The van der Waals surface area contributed by atoms with Crippen LogP contribution >= 0.6 is 0 Å². The van der Waals surface area contributed by atoms with E-state index in [0.29, 0.717) is 11.3 Å². The van der Waals surface area contributed by atoms with Gasteiger partial charge in [-0.25, -0.2) is 9.67 Å². The largest absolute Gasteiger partial charge is 0.252 e. The molecular weight excluding hydrogens is 387 g/mol. The first-order chi connectivity index (χ1) is 15.0. The molecular formula is C26H21FN4. The molecule has 4 nitrogen and oxygen atoms in total. The summed E-state index contributed by atoms with van der Waals surface area (Å²) in [5.41, 5.74) is 3.19. The first-order valence-corrected chi connectivity index (χ1v) is 10.2. The Bertz CT molecular complexity index is 1390. The molecule has 0 amide bonds. The van der Waals surface area contributed by atoms with Crippen LogP contribution in [0.2, 0.25) is 0 Å². The number of benzene rings is 2. The Labute approximate surface area is 180 Å². The zero-order valence-corrected chi connectivity index (χ0v) is 17.3. The first-order valence-electron chi connectivity index (χ1n) is 10.2. The molecule has 0 fully saturated rings. The van der Waals surface area contributed by atoms with E-state index in [0.717, 1.165) is 17.1 Å². The number of halogens is 1. The van der Waals surface area contributed by atoms with Crippen LogP contribution in [0.25, 0.3) is 27.7 Å². The van der Waals surface area contributed by atoms with Crippen LogP contribution in [0.3, 0.4) is 0 Å². The number of fused-ring (bicyclic) bond motifs is 1. The predicted octanol–water partition coefficient (Wildman–Crippen LogP) is 5.95. The number of pyridine rings is 2. The topological polar surface area (TPSA) is 43.6 Å². The third-order valence-electron chi connectivity index (χ3n) is 5.65. The molecule has 0 radical (unpaired) electrons. The van der Waals surface area contributed by atoms with Gasteiger partial charge in [-0.15, -0.1) is 0 Å². The first kappa shape index (κ1) is 19.1. The minimum atomic E-state index is -0.523. The molecule has 0 aliphatic heterocycles. The van der Waals surface area contributed by atoms with Crippen molar-refractivity contribution in [2.24, 2.45) is 0 Å². The van der Waals surface area contributed by atoms with E-state index in [1.54, 1.807) is 18.2 Å². The van der Waals surface area contributed by atoms with Crippen molar-refractivity contribution in [3.8, 4) is 16.9 Å². The Morgan fingerprint density at radius 2 is 1.65 bits per heavy atom. The lowest BCUT2D eigenvalue weighted by molar-refractivity contribution is 0.580. The minimum absolute atomic E-state index is 0.391. The van der Waals surface area contributed by atoms with Crippen LogP contribution in [-0.4, -0.2) is 19.7 Å². The number of aromatic nitrogens is 4. The van der Waals surface area contributed by atoms with Gasteiger partial charge in [0.1, 0.15) is 0 Å². The molecule has 2 aromatic carbocycles. The molecule has 5 rings (SSSR count). The number of hydrogen-bond acceptors (Lipinski definition) is 3. The zero-order valence-electron chi connectivity index (χ0n) is 17.3. The van der Waals surface area contributed by atoms with Gasteiger partial charge < -0.3 is 0 Å². The SMILES string of the molecule is CC(C)(c1cccc(-c2cccnc2F)n1)c1ccn(-c2ccc3ccccc3c2)n1. The van der Waals surface area contributed by atoms with Crippen molar-refractivity contribution >= 4 is 10.8 Å². The Hall–Kier alpha value is -3.86. The van der Waals surface area contributed by atoms with Crippen molar-refractivity contribution in [3.05, 3.63) is 109 Å². The highest BCUT2D eigenvalue weighted by atomic mass is 19.1. The molecule has 0 saturated carbocycles. The molecule has 3 heterocycles. The molecule has 5 aromatic rings. The Balaban J connectivity index is 1.51. The van der Waals surface area contributed by atoms with Crippen LogP contribution in [-0.2, 0) is 5.41 Å². The second kappa shape index (κ2) is 7.43. The summed E-state index contributed by atoms with van der Waals surface area (Å²) < 4.78 is 16.0. The number of rotatable bonds is 4. The molecule has 0 bridgehead atoms. The maximum absolute atomic E-state index is 14.2. The van der Waals surface area contributed by atoms with Gasteiger partial charge in [0.15, 0.2) is 0 Å². The van der Waals surface area contributed by atoms with E-state index in [1.807, 2.05) is 41.2 Å². The van der Waals surface area contributed by atoms with E-state index in [1.165, 1.54) is 17.0 Å². The van der Waals surface area contributed by atoms with Crippen molar-refractivity contribution in [3.63, 3.8) is 0 Å². The van der Waals surface area contributed by atoms with Gasteiger partial charge in [0.05, 0.1) is 33.7 Å². The second-order valence-electron chi connectivity index (χ2n) is 8.05. The molecule has 0 aliphatic carbocycles. The molecule has 0 spiro atoms. The molecule has 0 atom stereocenters. The van der Waals surface area contributed by atoms with Crippen molar-refractivity contribution in [2.45, 2.75) is 19.3 Å². The van der Waals surface area contributed by atoms with Crippen LogP contribution in [0.4, 0.5) is 4.39 Å². The average Bonchev–Trinajstić information content (AvgIpc) is 3.30. The third kappa shape index (κ3) is 3.48. The minimum Gasteiger partial charge on any atom is -0.252 e. The fraction of sp³-hybridized carbons (Fsp3) is 0.115. The van der Waals surface area contributed by atoms with Crippen LogP contribution in [0.1, 0.15) is 25.2 Å². The lowest BCUT2D eigenvalue weighted by Crippen LogP contribution is -2.22. The van der Waals surface area contributed by atoms with Gasteiger partial charge in [0.25, 0.3) is 0 Å². The fourth-order valence-electron chi connectivity index (χ4n) is 3.76. The summed E-state index contributed by atoms with van der Waals surface area (Å²) in [5.74, 6) is -0.523. The zero-order chi connectivity index (χ0) is 21.4. The summed E-state index contributed by atoms with van der Waals surface area (Å²) in [7, 11) is 0. The van der Waals surface area contributed by atoms with Crippen LogP contribution in [0.5, 0.6) is 0 Å². The molecule has 0 aliphatic rings. The van der Waals surface area contributed by atoms with Crippen molar-refractivity contribution in [1.82, 2.24) is 19.7 Å². The van der Waals surface area contributed by atoms with E-state index >= 15 is 0 Å². The summed E-state index contributed by atoms with van der Waals surface area (Å²) in [4.78, 5) is 8.49. The molecule has 3 aromatic heterocycles. The predicted molar refractivity (Wildman–Crippen MR) is 121 cm³/mol. The highest BCUT2D eigenvalue weighted by Crippen LogP contribution is 2.31. The monoisotopic (exact) mass is 408 g/mol. The molecule has 31 heavy (non-hydrogen) atoms. The molecule has 0 saturated heterocycles. The maximum atomic E-state index is 14.2. The highest BCUT2D eigenvalue weighted by molar-refractivity contribution is 5.84. The molecule has 0 unspecified atom stereocenters. The van der Waals surface area contributed by atoms with Gasteiger partial charge in [0, 0.05) is 12.4 Å². The van der Waals surface area contributed by atoms with Gasteiger partial charge >= 0.3 is 0 Å². The van der Waals surface area contributed by atoms with Crippen molar-refractivity contribution in [1.29, 1.82) is 0 Å². The van der Waals surface area contributed by atoms with Gasteiger partial charge in [-0.05, 0) is 67.1 Å². The van der Waals surface area contributed by atoms with E-state index < -0.39 is 11.4 Å². The number of hydrogen-bond donors (Lipinski definition) is 0. The lowest BCUT2D eigenvalue weighted by atomic mass is 9.85. The second-order valence-corrected chi connectivity index (χ2v) is 8.05. The Morgan fingerprint density at radius 3 is 2.48 bits per heavy atom. The summed E-state index contributed by atoms with van der Waals surface area (Å²) >= 11 is 0. The fourth-order valence-corrected chi connectivity index (χ4v) is 3.76. The summed E-state index contributed by atoms with van der Waals surface area (Å²) in [6, 6.07) is 25.6. The van der Waals surface area contributed by atoms with Crippen LogP contribution < -0.4 is 0 Å². The molecule has 152 valence electrons. The Kier molecular flexibility index (Phi) is 4.59. The summed E-state index contributed by atoms with van der Waals surface area (Å²) in [5, 5.41) is 7.21. The smallest absolute Gasteiger partial charge is 0.222 e. The van der Waals surface area contributed by atoms with E-state index in [9.17, 15) is 4.39 Å². The maximum Gasteiger partial charge on any atom is 0.222 e. The van der Waals surface area contributed by atoms with Crippen LogP contribution in [0.15, 0.2) is 91.3 Å². The van der Waals surface area contributed by atoms with E-state index in [-0.39, 0.29) is 0 Å². The standard InChI is InChI=1S/C26H21FN4/c1-26(2,23-11-5-10-22(29-23)21-9-6-15-28-25(21)27)24-14-16-31(30-24)20-13-12-18-7-3-4-8-19(18)17-20/h3-17H,1-2H3. The highest BCUT2D eigenvalue weighted by Gasteiger charge is 2.28. The van der Waals surface area contributed by atoms with Gasteiger partial charge in [-0.1, -0.05) is 36.4 Å². The Morgan fingerprint density at radius 1 is 0.806 bits per heavy atom. The van der Waals surface area contributed by atoms with Gasteiger partial charge in [-0.3, -0.25) is 4.98 Å². The van der Waals surface area contributed by atoms with Gasteiger partial charge in [-0.2, -0.15) is 9.49 Å². The normalized spacial score (nSPS) is 11.7. The van der Waals surface area contributed by atoms with E-state index in [4.69, 9.17) is 10.1 Å². The quantitative estimate of drug-likeness (QED) is 0.345. The number of nitrogens with zero attached hydrogens (tertiary/aromatic N) is 4. The molecule has 5 heteroatoms. The van der Waals surface area contributed by atoms with Crippen molar-refractivity contribution < 1.29 is 4.39 Å². The summed E-state index contributed by atoms with van der Waals surface area (Å²) in [6.07, 6.45) is 3.40. The van der Waals surface area contributed by atoms with E-state index in [2.05, 4.69) is 49.2 Å².